The molecule has 3 aliphatic carbocycles. The third-order valence-electron chi connectivity index (χ3n) is 9.68. The summed E-state index contributed by atoms with van der Waals surface area (Å²) in [7, 11) is 3.02. The Morgan fingerprint density at radius 2 is 1.76 bits per heavy atom. The lowest BCUT2D eigenvalue weighted by Crippen LogP contribution is -2.51. The number of methoxy groups -OCH3 is 1. The summed E-state index contributed by atoms with van der Waals surface area (Å²) in [5.74, 6) is -7.27. The number of piperazine rings is 1. The molecule has 7 rings (SSSR count). The Hall–Kier alpha value is -5.38. The van der Waals surface area contributed by atoms with Crippen molar-refractivity contribution in [2.24, 2.45) is 5.10 Å². The van der Waals surface area contributed by atoms with Crippen LogP contribution in [0.15, 0.2) is 33.9 Å². The van der Waals surface area contributed by atoms with Crippen molar-refractivity contribution in [3.05, 3.63) is 73.4 Å². The third-order valence-corrected chi connectivity index (χ3v) is 10.1. The summed E-state index contributed by atoms with van der Waals surface area (Å²) in [4.78, 5) is 86.3. The summed E-state index contributed by atoms with van der Waals surface area (Å²) in [6.45, 7) is 1.94. The number of phenols is 3. The number of allylic oxidation sites excluding steroid dienone is 2. The SMILES string of the molecule is COC1=CC(=O)c2c(O)c3c(c(O)c2C1=O)C(=O)[C@]1(CCc2cc4cc(C=NNC(=O)CN5CCN(C)C(Cl)C5)[nH]c(=O)c4c(O)c21)C3=O. The molecule has 2 atom stereocenters. The lowest BCUT2D eigenvalue weighted by Gasteiger charge is -2.35. The van der Waals surface area contributed by atoms with Crippen LogP contribution in [0.25, 0.3) is 10.8 Å². The predicted molar refractivity (Wildman–Crippen MR) is 173 cm³/mol. The fourth-order valence-corrected chi connectivity index (χ4v) is 7.56. The van der Waals surface area contributed by atoms with Crippen LogP contribution in [0.5, 0.6) is 17.2 Å². The minimum absolute atomic E-state index is 0.0710. The molecular weight excluding hydrogens is 662 g/mol. The van der Waals surface area contributed by atoms with Crippen molar-refractivity contribution in [3.8, 4) is 17.2 Å². The first-order valence-electron chi connectivity index (χ1n) is 15.2. The van der Waals surface area contributed by atoms with E-state index in [9.17, 15) is 44.1 Å². The molecule has 49 heavy (non-hydrogen) atoms. The van der Waals surface area contributed by atoms with E-state index in [1.54, 1.807) is 0 Å². The highest BCUT2D eigenvalue weighted by Gasteiger charge is 2.61. The maximum absolute atomic E-state index is 14.2. The minimum Gasteiger partial charge on any atom is -0.507 e. The number of benzene rings is 2. The lowest BCUT2D eigenvalue weighted by atomic mass is 9.76. The summed E-state index contributed by atoms with van der Waals surface area (Å²) in [5.41, 5.74) is -3.02. The standard InChI is InChI=1S/C33H28ClN5O10/c1-38-5-6-39(11-18(38)34)12-19(41)37-35-10-15-8-14-7-13-3-4-33(25(13)29(45)20(14)32(48)36-15)30(46)23-24(31(33)47)28(44)22-21(27(23)43)16(40)9-17(49-2)26(22)42/h7-10,18,43-45H,3-6,11-12H2,1-2H3,(H,36,48)(H,37,41)/t18?,33-/m0/s1. The molecule has 1 unspecified atom stereocenters. The molecule has 1 fully saturated rings. The predicted octanol–water partition coefficient (Wildman–Crippen LogP) is 1.08. The highest BCUT2D eigenvalue weighted by molar-refractivity contribution is 6.39. The molecule has 1 saturated heterocycles. The maximum Gasteiger partial charge on any atom is 0.260 e. The Bertz CT molecular complexity index is 2210. The van der Waals surface area contributed by atoms with Crippen LogP contribution >= 0.6 is 11.6 Å². The number of hydrogen-bond acceptors (Lipinski definition) is 13. The Morgan fingerprint density at radius 3 is 2.43 bits per heavy atom. The average Bonchev–Trinajstić information content (AvgIpc) is 3.54. The van der Waals surface area contributed by atoms with Gasteiger partial charge in [-0.2, -0.15) is 5.10 Å². The second-order valence-corrected chi connectivity index (χ2v) is 12.9. The summed E-state index contributed by atoms with van der Waals surface area (Å²) < 4.78 is 4.92. The minimum atomic E-state index is -2.15. The molecule has 0 radical (unpaired) electrons. The van der Waals surface area contributed by atoms with Gasteiger partial charge in [0.05, 0.1) is 58.7 Å². The number of fused-ring (bicyclic) bond motifs is 5. The van der Waals surface area contributed by atoms with Crippen LogP contribution in [-0.2, 0) is 21.4 Å². The van der Waals surface area contributed by atoms with Crippen LogP contribution in [0.2, 0.25) is 0 Å². The molecule has 1 aromatic heterocycles. The van der Waals surface area contributed by atoms with Gasteiger partial charge >= 0.3 is 0 Å². The van der Waals surface area contributed by atoms with E-state index < -0.39 is 79.4 Å². The molecule has 3 aromatic rings. The van der Waals surface area contributed by atoms with Gasteiger partial charge in [-0.05, 0) is 36.9 Å². The van der Waals surface area contributed by atoms with Crippen LogP contribution < -0.4 is 11.0 Å². The number of aromatic hydroxyl groups is 3. The zero-order chi connectivity index (χ0) is 35.1. The molecule has 15 nitrogen and oxygen atoms in total. The molecule has 2 aromatic carbocycles. The van der Waals surface area contributed by atoms with Gasteiger partial charge in [-0.3, -0.25) is 38.6 Å². The van der Waals surface area contributed by atoms with Crippen LogP contribution in [0.4, 0.5) is 0 Å². The Morgan fingerprint density at radius 1 is 1.06 bits per heavy atom. The number of H-pyrrole nitrogens is 1. The second kappa shape index (κ2) is 11.4. The van der Waals surface area contributed by atoms with Crippen molar-refractivity contribution in [1.29, 1.82) is 0 Å². The Labute approximate surface area is 281 Å². The number of aromatic nitrogens is 1. The molecule has 5 N–H and O–H groups in total. The topological polar surface area (TPSA) is 219 Å². The number of halogens is 1. The monoisotopic (exact) mass is 689 g/mol. The number of nitrogens with zero attached hydrogens (tertiary/aromatic N) is 3. The van der Waals surface area contributed by atoms with E-state index in [1.165, 1.54) is 18.3 Å². The van der Waals surface area contributed by atoms with Gasteiger partial charge in [-0.25, -0.2) is 5.43 Å². The third kappa shape index (κ3) is 4.60. The summed E-state index contributed by atoms with van der Waals surface area (Å²) in [6, 6.07) is 3.03. The van der Waals surface area contributed by atoms with Crippen molar-refractivity contribution in [2.45, 2.75) is 23.8 Å². The normalized spacial score (nSPS) is 22.2. The zero-order valence-corrected chi connectivity index (χ0v) is 26.8. The number of carbonyl (C=O) groups is 5. The van der Waals surface area contributed by atoms with Gasteiger partial charge in [0.2, 0.25) is 5.78 Å². The van der Waals surface area contributed by atoms with Gasteiger partial charge in [-0.1, -0.05) is 6.07 Å². The molecule has 16 heteroatoms. The first kappa shape index (κ1) is 32.2. The lowest BCUT2D eigenvalue weighted by molar-refractivity contribution is -0.122. The van der Waals surface area contributed by atoms with Crippen molar-refractivity contribution in [2.75, 3.05) is 40.3 Å². The highest BCUT2D eigenvalue weighted by atomic mass is 35.5. The van der Waals surface area contributed by atoms with E-state index in [0.29, 0.717) is 25.2 Å². The molecule has 4 aliphatic rings. The molecule has 0 bridgehead atoms. The number of aryl methyl sites for hydroxylation is 1. The van der Waals surface area contributed by atoms with Crippen molar-refractivity contribution < 1.29 is 44.0 Å². The van der Waals surface area contributed by atoms with Gasteiger partial charge in [-0.15, -0.1) is 11.6 Å². The summed E-state index contributed by atoms with van der Waals surface area (Å²) >= 11 is 6.25. The van der Waals surface area contributed by atoms with E-state index in [4.69, 9.17) is 16.3 Å². The summed E-state index contributed by atoms with van der Waals surface area (Å²) in [5, 5.41) is 37.8. The maximum atomic E-state index is 14.2. The first-order valence-corrected chi connectivity index (χ1v) is 15.6. The number of Topliss-reactive ketones (excluding diaryl/α,β-unsaturated/α-hetero) is 3. The van der Waals surface area contributed by atoms with Crippen molar-refractivity contribution in [1.82, 2.24) is 20.2 Å². The number of nitrogens with one attached hydrogen (secondary N) is 2. The Kier molecular flexibility index (Phi) is 7.46. The van der Waals surface area contributed by atoms with Gasteiger partial charge in [0.15, 0.2) is 23.1 Å². The van der Waals surface area contributed by atoms with Gasteiger partial charge in [0, 0.05) is 31.3 Å². The quantitative estimate of drug-likeness (QED) is 0.0635. The number of ketones is 4. The zero-order valence-electron chi connectivity index (χ0n) is 26.0. The Balaban J connectivity index is 1.22. The van der Waals surface area contributed by atoms with Crippen LogP contribution in [-0.4, -0.2) is 111 Å². The number of hydrazone groups is 1. The van der Waals surface area contributed by atoms with E-state index in [1.807, 2.05) is 16.8 Å². The summed E-state index contributed by atoms with van der Waals surface area (Å²) in [6.07, 6.45) is 1.92. The number of rotatable bonds is 5. The first-order chi connectivity index (χ1) is 23.3. The van der Waals surface area contributed by atoms with E-state index >= 15 is 0 Å². The number of aromatic amines is 1. The van der Waals surface area contributed by atoms with Gasteiger partial charge in [0.1, 0.15) is 22.7 Å². The van der Waals surface area contributed by atoms with Crippen LogP contribution in [0.1, 0.15) is 64.7 Å². The van der Waals surface area contributed by atoms with E-state index in [-0.39, 0.29) is 52.8 Å². The van der Waals surface area contributed by atoms with Gasteiger partial charge in [0.25, 0.3) is 11.5 Å². The number of likely N-dealkylation sites (N-methyl/N-ethyl adjacent to an activating group) is 1. The number of phenolic OH excluding ortho intramolecular Hbond substituents is 3. The highest BCUT2D eigenvalue weighted by Crippen LogP contribution is 2.57. The van der Waals surface area contributed by atoms with Crippen molar-refractivity contribution in [3.63, 3.8) is 0 Å². The average molecular weight is 690 g/mol. The molecule has 0 saturated carbocycles. The second-order valence-electron chi connectivity index (χ2n) is 12.4. The molecule has 1 aliphatic heterocycles. The van der Waals surface area contributed by atoms with E-state index in [2.05, 4.69) is 15.5 Å². The fraction of sp³-hybridized carbons (Fsp3) is 0.303. The van der Waals surface area contributed by atoms with Crippen LogP contribution in [0.3, 0.4) is 0 Å². The van der Waals surface area contributed by atoms with Gasteiger partial charge < -0.3 is 25.0 Å². The van der Waals surface area contributed by atoms with Crippen LogP contribution in [0, 0.1) is 0 Å². The molecular formula is C33H28ClN5O10. The largest absolute Gasteiger partial charge is 0.507 e. The molecule has 2 heterocycles. The van der Waals surface area contributed by atoms with E-state index in [0.717, 1.165) is 13.2 Å². The number of alkyl halides is 1. The molecule has 252 valence electrons. The number of ether oxygens (including phenoxy) is 1. The smallest absolute Gasteiger partial charge is 0.260 e. The number of carbonyl (C=O) groups excluding carboxylic acids is 5. The van der Waals surface area contributed by atoms with Crippen molar-refractivity contribution >= 4 is 57.6 Å². The number of amides is 1. The fourth-order valence-electron chi connectivity index (χ4n) is 7.27. The number of pyridine rings is 1. The number of hydrogen-bond donors (Lipinski definition) is 5. The molecule has 1 spiro atoms. The molecule has 1 amide bonds.